The van der Waals surface area contributed by atoms with E-state index in [4.69, 9.17) is 0 Å². The molecule has 0 bridgehead atoms. The van der Waals surface area contributed by atoms with Gasteiger partial charge in [0.2, 0.25) is 5.78 Å². The Kier molecular flexibility index (Phi) is 2.29. The number of carbonyl (C=O) groups excluding carboxylic acids is 1. The zero-order valence-corrected chi connectivity index (χ0v) is 12.4. The number of ketones is 1. The van der Waals surface area contributed by atoms with Crippen LogP contribution in [0.5, 0.6) is 11.5 Å². The van der Waals surface area contributed by atoms with E-state index < -0.39 is 0 Å². The summed E-state index contributed by atoms with van der Waals surface area (Å²) in [5.41, 5.74) is 2.11. The van der Waals surface area contributed by atoms with E-state index in [-0.39, 0.29) is 28.4 Å². The van der Waals surface area contributed by atoms with Crippen LogP contribution in [0.2, 0.25) is 0 Å². The van der Waals surface area contributed by atoms with Crippen LogP contribution >= 0.6 is 27.3 Å². The second-order valence-corrected chi connectivity index (χ2v) is 6.40. The molecule has 0 amide bonds. The molecule has 0 spiro atoms. The number of thiophene rings is 1. The van der Waals surface area contributed by atoms with Crippen molar-refractivity contribution in [3.05, 3.63) is 45.2 Å². The number of benzene rings is 2. The largest absolute Gasteiger partial charge is 0.507 e. The van der Waals surface area contributed by atoms with E-state index in [0.717, 1.165) is 15.6 Å². The van der Waals surface area contributed by atoms with Crippen molar-refractivity contribution in [1.29, 1.82) is 0 Å². The summed E-state index contributed by atoms with van der Waals surface area (Å²) < 4.78 is 1.42. The van der Waals surface area contributed by atoms with E-state index >= 15 is 0 Å². The van der Waals surface area contributed by atoms with Crippen LogP contribution < -0.4 is 0 Å². The van der Waals surface area contributed by atoms with Crippen LogP contribution in [0.3, 0.4) is 0 Å². The summed E-state index contributed by atoms with van der Waals surface area (Å²) in [4.78, 5) is 12.7. The third-order valence-electron chi connectivity index (χ3n) is 3.59. The fourth-order valence-corrected chi connectivity index (χ4v) is 3.99. The van der Waals surface area contributed by atoms with Crippen LogP contribution in [-0.4, -0.2) is 16.0 Å². The molecule has 2 N–H and O–H groups in total. The first-order chi connectivity index (χ1) is 9.59. The number of hydrogen-bond donors (Lipinski definition) is 2. The fraction of sp³-hybridized carbons (Fsp3) is 0. The lowest BCUT2D eigenvalue weighted by atomic mass is 9.85. The van der Waals surface area contributed by atoms with E-state index in [9.17, 15) is 15.0 Å². The topological polar surface area (TPSA) is 57.5 Å². The minimum Gasteiger partial charge on any atom is -0.507 e. The van der Waals surface area contributed by atoms with Crippen molar-refractivity contribution in [2.45, 2.75) is 0 Å². The number of halogens is 1. The second kappa shape index (κ2) is 3.84. The predicted molar refractivity (Wildman–Crippen MR) is 81.7 cm³/mol. The normalized spacial score (nSPS) is 12.8. The monoisotopic (exact) mass is 346 g/mol. The molecule has 5 heteroatoms. The van der Waals surface area contributed by atoms with Gasteiger partial charge in [-0.15, -0.1) is 11.3 Å². The number of phenolic OH excluding ortho intramolecular Hbond substituents is 2. The highest BCUT2D eigenvalue weighted by molar-refractivity contribution is 9.10. The Labute approximate surface area is 126 Å². The van der Waals surface area contributed by atoms with Crippen molar-refractivity contribution in [3.63, 3.8) is 0 Å². The molecule has 0 atom stereocenters. The molecule has 98 valence electrons. The van der Waals surface area contributed by atoms with Crippen molar-refractivity contribution < 1.29 is 15.0 Å². The molecular formula is C15H7BrO3S. The van der Waals surface area contributed by atoms with E-state index in [1.807, 2.05) is 11.4 Å². The molecule has 0 fully saturated rings. The maximum absolute atomic E-state index is 12.7. The van der Waals surface area contributed by atoms with Gasteiger partial charge in [0.15, 0.2) is 0 Å². The Morgan fingerprint density at radius 1 is 1.00 bits per heavy atom. The van der Waals surface area contributed by atoms with E-state index in [1.165, 1.54) is 17.4 Å². The predicted octanol–water partition coefficient (Wildman–Crippen LogP) is 4.29. The molecule has 4 rings (SSSR count). The zero-order valence-electron chi connectivity index (χ0n) is 9.98. The summed E-state index contributed by atoms with van der Waals surface area (Å²) in [6.07, 6.45) is 0. The van der Waals surface area contributed by atoms with Crippen LogP contribution in [-0.2, 0) is 0 Å². The zero-order chi connectivity index (χ0) is 14.0. The number of hydrogen-bond acceptors (Lipinski definition) is 4. The Hall–Kier alpha value is -1.85. The molecule has 1 aliphatic carbocycles. The van der Waals surface area contributed by atoms with Gasteiger partial charge < -0.3 is 10.2 Å². The molecule has 1 aliphatic rings. The lowest BCUT2D eigenvalue weighted by molar-refractivity contribution is 0.103. The van der Waals surface area contributed by atoms with Crippen molar-refractivity contribution in [3.8, 4) is 22.6 Å². The van der Waals surface area contributed by atoms with Crippen molar-refractivity contribution in [2.75, 3.05) is 0 Å². The maximum atomic E-state index is 12.7. The van der Waals surface area contributed by atoms with E-state index in [1.54, 1.807) is 12.1 Å². The molecule has 0 saturated carbocycles. The number of fused-ring (bicyclic) bond motifs is 2. The summed E-state index contributed by atoms with van der Waals surface area (Å²) in [5.74, 6) is -0.472. The van der Waals surface area contributed by atoms with Crippen LogP contribution in [0.15, 0.2) is 34.1 Å². The Morgan fingerprint density at radius 2 is 1.80 bits per heavy atom. The highest BCUT2D eigenvalue weighted by Crippen LogP contribution is 2.48. The number of phenols is 2. The Morgan fingerprint density at radius 3 is 2.60 bits per heavy atom. The first-order valence-corrected chi connectivity index (χ1v) is 7.56. The molecule has 1 heterocycles. The molecule has 0 saturated heterocycles. The lowest BCUT2D eigenvalue weighted by Crippen LogP contribution is -2.09. The molecule has 2 aromatic carbocycles. The van der Waals surface area contributed by atoms with Gasteiger partial charge in [-0.1, -0.05) is 6.07 Å². The molecular weight excluding hydrogens is 340 g/mol. The van der Waals surface area contributed by atoms with E-state index in [0.29, 0.717) is 10.0 Å². The third kappa shape index (κ3) is 1.31. The summed E-state index contributed by atoms with van der Waals surface area (Å²) in [6, 6.07) is 6.86. The van der Waals surface area contributed by atoms with Crippen molar-refractivity contribution in [1.82, 2.24) is 0 Å². The summed E-state index contributed by atoms with van der Waals surface area (Å²) in [6.45, 7) is 0. The summed E-state index contributed by atoms with van der Waals surface area (Å²) >= 11 is 4.75. The maximum Gasteiger partial charge on any atom is 0.201 e. The number of aromatic hydroxyl groups is 2. The average molecular weight is 347 g/mol. The Balaban J connectivity index is 2.26. The van der Waals surface area contributed by atoms with Crippen molar-refractivity contribution in [2.24, 2.45) is 0 Å². The summed E-state index contributed by atoms with van der Waals surface area (Å²) in [5, 5.41) is 22.9. The number of carbonyl (C=O) groups is 1. The second-order valence-electron chi connectivity index (χ2n) is 4.63. The number of rotatable bonds is 0. The van der Waals surface area contributed by atoms with Crippen molar-refractivity contribution >= 4 is 43.1 Å². The lowest BCUT2D eigenvalue weighted by Gasteiger charge is -2.18. The Bertz CT molecular complexity index is 911. The highest BCUT2D eigenvalue weighted by atomic mass is 79.9. The van der Waals surface area contributed by atoms with Gasteiger partial charge in [0.1, 0.15) is 11.5 Å². The molecule has 3 nitrogen and oxygen atoms in total. The van der Waals surface area contributed by atoms with Gasteiger partial charge in [-0.3, -0.25) is 4.79 Å². The summed E-state index contributed by atoms with van der Waals surface area (Å²) in [7, 11) is 0. The fourth-order valence-electron chi connectivity index (χ4n) is 2.69. The first-order valence-electron chi connectivity index (χ1n) is 5.89. The minimum absolute atomic E-state index is 0.0489. The van der Waals surface area contributed by atoms with Gasteiger partial charge in [0.25, 0.3) is 0 Å². The van der Waals surface area contributed by atoms with Gasteiger partial charge in [-0.2, -0.15) is 0 Å². The molecule has 0 aliphatic heterocycles. The van der Waals surface area contributed by atoms with E-state index in [2.05, 4.69) is 15.9 Å². The standard InChI is InChI=1S/C15H7BrO3S/c16-8-2-1-6-7-5-20-10-4-3-9(17)13(11(7)10)15(19)12(6)14(8)18/h1-5,17-18H. The quantitative estimate of drug-likeness (QED) is 0.499. The van der Waals surface area contributed by atoms with Crippen LogP contribution in [0.25, 0.3) is 21.2 Å². The molecule has 0 unspecified atom stereocenters. The van der Waals surface area contributed by atoms with Gasteiger partial charge >= 0.3 is 0 Å². The first kappa shape index (κ1) is 11.9. The van der Waals surface area contributed by atoms with Gasteiger partial charge in [0.05, 0.1) is 15.6 Å². The van der Waals surface area contributed by atoms with Crippen LogP contribution in [0.4, 0.5) is 0 Å². The van der Waals surface area contributed by atoms with Gasteiger partial charge in [-0.25, -0.2) is 0 Å². The molecule has 3 aromatic rings. The van der Waals surface area contributed by atoms with Crippen LogP contribution in [0.1, 0.15) is 15.9 Å². The highest BCUT2D eigenvalue weighted by Gasteiger charge is 2.31. The SMILES string of the molecule is O=C1c2c(ccc(Br)c2O)-c2csc3ccc(O)c1c23. The average Bonchev–Trinajstić information content (AvgIpc) is 2.85. The molecule has 0 radical (unpaired) electrons. The van der Waals surface area contributed by atoms with Crippen LogP contribution in [0, 0.1) is 0 Å². The molecule has 20 heavy (non-hydrogen) atoms. The van der Waals surface area contributed by atoms with Gasteiger partial charge in [-0.05, 0) is 45.1 Å². The molecule has 1 aromatic heterocycles. The smallest absolute Gasteiger partial charge is 0.201 e. The minimum atomic E-state index is -0.340. The van der Waals surface area contributed by atoms with Gasteiger partial charge in [0, 0.05) is 15.6 Å². The third-order valence-corrected chi connectivity index (χ3v) is 5.18.